The van der Waals surface area contributed by atoms with Gasteiger partial charge in [0.05, 0.1) is 4.90 Å². The van der Waals surface area contributed by atoms with Crippen LogP contribution in [0.1, 0.15) is 32.3 Å². The van der Waals surface area contributed by atoms with Gasteiger partial charge in [-0.1, -0.05) is 44.9 Å². The van der Waals surface area contributed by atoms with E-state index in [0.29, 0.717) is 10.8 Å². The molecule has 0 heterocycles. The molecule has 0 aliphatic heterocycles. The van der Waals surface area contributed by atoms with E-state index in [1.54, 1.807) is 25.1 Å². The second-order valence-electron chi connectivity index (χ2n) is 4.86. The Kier molecular flexibility index (Phi) is 5.97. The van der Waals surface area contributed by atoms with Gasteiger partial charge < -0.3 is 5.73 Å². The normalized spacial score (nSPS) is 13.7. The molecule has 0 amide bonds. The Balaban J connectivity index is 2.74. The van der Waals surface area contributed by atoms with E-state index in [-0.39, 0.29) is 12.6 Å². The molecule has 0 fully saturated rings. The average molecular weight is 284 g/mol. The lowest BCUT2D eigenvalue weighted by Crippen LogP contribution is -2.41. The van der Waals surface area contributed by atoms with Gasteiger partial charge in [-0.05, 0) is 24.5 Å². The smallest absolute Gasteiger partial charge is 0.240 e. The zero-order valence-corrected chi connectivity index (χ0v) is 12.7. The van der Waals surface area contributed by atoms with Gasteiger partial charge in [0.1, 0.15) is 0 Å². The number of sulfonamides is 1. The van der Waals surface area contributed by atoms with Crippen molar-refractivity contribution in [1.82, 2.24) is 4.72 Å². The maximum Gasteiger partial charge on any atom is 0.240 e. The summed E-state index contributed by atoms with van der Waals surface area (Å²) in [6.07, 6.45) is 1.92. The highest BCUT2D eigenvalue weighted by Gasteiger charge is 2.20. The van der Waals surface area contributed by atoms with Crippen molar-refractivity contribution in [3.63, 3.8) is 0 Å². The quantitative estimate of drug-likeness (QED) is 0.805. The molecule has 0 spiro atoms. The molecule has 0 saturated heterocycles. The number of nitrogens with two attached hydrogens (primary N) is 1. The van der Waals surface area contributed by atoms with Crippen molar-refractivity contribution in [2.45, 2.75) is 44.6 Å². The largest absolute Gasteiger partial charge is 0.326 e. The Bertz CT molecular complexity index is 496. The van der Waals surface area contributed by atoms with Crippen molar-refractivity contribution in [2.24, 2.45) is 11.7 Å². The first kappa shape index (κ1) is 16.1. The molecule has 0 saturated carbocycles. The lowest BCUT2D eigenvalue weighted by Gasteiger charge is -2.21. The van der Waals surface area contributed by atoms with E-state index in [4.69, 9.17) is 5.73 Å². The Morgan fingerprint density at radius 1 is 1.21 bits per heavy atom. The van der Waals surface area contributed by atoms with Crippen LogP contribution in [0.3, 0.4) is 0 Å². The van der Waals surface area contributed by atoms with Gasteiger partial charge in [0, 0.05) is 12.6 Å². The molecule has 0 bridgehead atoms. The van der Waals surface area contributed by atoms with Crippen LogP contribution in [-0.4, -0.2) is 21.0 Å². The third kappa shape index (κ3) is 4.30. The van der Waals surface area contributed by atoms with E-state index in [2.05, 4.69) is 18.6 Å². The highest BCUT2D eigenvalue weighted by atomic mass is 32.2. The van der Waals surface area contributed by atoms with Crippen molar-refractivity contribution in [3.8, 4) is 0 Å². The van der Waals surface area contributed by atoms with Gasteiger partial charge in [-0.2, -0.15) is 0 Å². The Morgan fingerprint density at radius 2 is 1.79 bits per heavy atom. The number of hydrogen-bond acceptors (Lipinski definition) is 3. The molecule has 4 nitrogen and oxygen atoms in total. The SMILES string of the molecule is CCC(CC)C(N)CNS(=O)(=O)c1ccccc1C. The highest BCUT2D eigenvalue weighted by molar-refractivity contribution is 7.89. The molecule has 1 unspecified atom stereocenters. The molecule has 0 aliphatic carbocycles. The first-order valence-corrected chi connectivity index (χ1v) is 8.21. The minimum absolute atomic E-state index is 0.145. The van der Waals surface area contributed by atoms with E-state index in [0.717, 1.165) is 18.4 Å². The van der Waals surface area contributed by atoms with Crippen LogP contribution in [0.4, 0.5) is 0 Å². The zero-order chi connectivity index (χ0) is 14.5. The van der Waals surface area contributed by atoms with E-state index in [9.17, 15) is 8.42 Å². The van der Waals surface area contributed by atoms with Crippen LogP contribution in [0.2, 0.25) is 0 Å². The Morgan fingerprint density at radius 3 is 2.32 bits per heavy atom. The van der Waals surface area contributed by atoms with Crippen molar-refractivity contribution in [3.05, 3.63) is 29.8 Å². The third-order valence-electron chi connectivity index (χ3n) is 3.55. The topological polar surface area (TPSA) is 72.2 Å². The average Bonchev–Trinajstić information content (AvgIpc) is 2.38. The van der Waals surface area contributed by atoms with Crippen LogP contribution in [0.5, 0.6) is 0 Å². The monoisotopic (exact) mass is 284 g/mol. The third-order valence-corrected chi connectivity index (χ3v) is 5.13. The standard InChI is InChI=1S/C14H24N2O2S/c1-4-12(5-2)13(15)10-16-19(17,18)14-9-7-6-8-11(14)3/h6-9,12-13,16H,4-5,10,15H2,1-3H3. The van der Waals surface area contributed by atoms with E-state index >= 15 is 0 Å². The van der Waals surface area contributed by atoms with Gasteiger partial charge in [-0.15, -0.1) is 0 Å². The molecule has 5 heteroatoms. The molecule has 3 N–H and O–H groups in total. The van der Waals surface area contributed by atoms with Gasteiger partial charge in [0.25, 0.3) is 0 Å². The van der Waals surface area contributed by atoms with Gasteiger partial charge in [-0.3, -0.25) is 0 Å². The predicted octanol–water partition coefficient (Wildman–Crippen LogP) is 2.04. The summed E-state index contributed by atoms with van der Waals surface area (Å²) in [6.45, 7) is 6.21. The molecule has 0 aliphatic rings. The molecular weight excluding hydrogens is 260 g/mol. The molecular formula is C14H24N2O2S. The molecule has 108 valence electrons. The second-order valence-corrected chi connectivity index (χ2v) is 6.59. The fourth-order valence-electron chi connectivity index (χ4n) is 2.20. The molecule has 1 aromatic carbocycles. The fourth-order valence-corrected chi connectivity index (χ4v) is 3.52. The molecule has 1 atom stereocenters. The second kappa shape index (κ2) is 7.03. The predicted molar refractivity (Wildman–Crippen MR) is 78.4 cm³/mol. The van der Waals surface area contributed by atoms with Crippen molar-refractivity contribution < 1.29 is 8.42 Å². The molecule has 0 aromatic heterocycles. The number of nitrogens with one attached hydrogen (secondary N) is 1. The summed E-state index contributed by atoms with van der Waals surface area (Å²) in [4.78, 5) is 0.326. The van der Waals surface area contributed by atoms with Crippen LogP contribution in [0, 0.1) is 12.8 Å². The summed E-state index contributed by atoms with van der Waals surface area (Å²) in [6, 6.07) is 6.80. The van der Waals surface area contributed by atoms with Gasteiger partial charge in [-0.25, -0.2) is 13.1 Å². The lowest BCUT2D eigenvalue weighted by molar-refractivity contribution is 0.392. The van der Waals surface area contributed by atoms with Crippen molar-refractivity contribution >= 4 is 10.0 Å². The number of hydrogen-bond donors (Lipinski definition) is 2. The number of aryl methyl sites for hydroxylation is 1. The minimum atomic E-state index is -3.47. The van der Waals surface area contributed by atoms with Crippen LogP contribution in [-0.2, 0) is 10.0 Å². The summed E-state index contributed by atoms with van der Waals surface area (Å²) in [5.74, 6) is 0.347. The first-order chi connectivity index (χ1) is 8.92. The van der Waals surface area contributed by atoms with Crippen LogP contribution < -0.4 is 10.5 Å². The van der Waals surface area contributed by atoms with E-state index in [1.807, 2.05) is 6.07 Å². The number of benzene rings is 1. The van der Waals surface area contributed by atoms with E-state index < -0.39 is 10.0 Å². The minimum Gasteiger partial charge on any atom is -0.326 e. The zero-order valence-electron chi connectivity index (χ0n) is 11.9. The van der Waals surface area contributed by atoms with Gasteiger partial charge in [0.15, 0.2) is 0 Å². The van der Waals surface area contributed by atoms with Crippen LogP contribution in [0.15, 0.2) is 29.2 Å². The molecule has 19 heavy (non-hydrogen) atoms. The summed E-state index contributed by atoms with van der Waals surface area (Å²) >= 11 is 0. The van der Waals surface area contributed by atoms with Crippen molar-refractivity contribution in [1.29, 1.82) is 0 Å². The summed E-state index contributed by atoms with van der Waals surface area (Å²) in [7, 11) is -3.47. The van der Waals surface area contributed by atoms with E-state index in [1.165, 1.54) is 0 Å². The van der Waals surface area contributed by atoms with Gasteiger partial charge in [0.2, 0.25) is 10.0 Å². The number of rotatable bonds is 7. The molecule has 0 radical (unpaired) electrons. The maximum atomic E-state index is 12.2. The summed E-state index contributed by atoms with van der Waals surface area (Å²) in [5, 5.41) is 0. The van der Waals surface area contributed by atoms with Crippen LogP contribution in [0.25, 0.3) is 0 Å². The Hall–Kier alpha value is -0.910. The molecule has 1 aromatic rings. The van der Waals surface area contributed by atoms with Crippen molar-refractivity contribution in [2.75, 3.05) is 6.54 Å². The fraction of sp³-hybridized carbons (Fsp3) is 0.571. The summed E-state index contributed by atoms with van der Waals surface area (Å²) in [5.41, 5.74) is 6.78. The maximum absolute atomic E-state index is 12.2. The highest BCUT2D eigenvalue weighted by Crippen LogP contribution is 2.15. The van der Waals surface area contributed by atoms with Gasteiger partial charge >= 0.3 is 0 Å². The summed E-state index contributed by atoms with van der Waals surface area (Å²) < 4.78 is 27.0. The van der Waals surface area contributed by atoms with Crippen LogP contribution >= 0.6 is 0 Å². The lowest BCUT2D eigenvalue weighted by atomic mass is 9.95. The first-order valence-electron chi connectivity index (χ1n) is 6.73. The molecule has 1 rings (SSSR count). The Labute approximate surface area is 116 Å².